The molecule has 0 aliphatic carbocycles. The fourth-order valence-electron chi connectivity index (χ4n) is 0.872. The Morgan fingerprint density at radius 3 is 2.77 bits per heavy atom. The van der Waals surface area contributed by atoms with Gasteiger partial charge in [0, 0.05) is 0 Å². The lowest BCUT2D eigenvalue weighted by Crippen LogP contribution is -1.96. The summed E-state index contributed by atoms with van der Waals surface area (Å²) in [4.78, 5) is 0. The average Bonchev–Trinajstić information content (AvgIpc) is 2.11. The van der Waals surface area contributed by atoms with Crippen LogP contribution in [-0.4, -0.2) is 12.6 Å². The maximum absolute atomic E-state index is 13.4. The number of rotatable bonds is 3. The summed E-state index contributed by atoms with van der Waals surface area (Å²) in [6.45, 7) is 0. The monoisotopic (exact) mass is 268 g/mol. The summed E-state index contributed by atoms with van der Waals surface area (Å²) in [5.41, 5.74) is 0.217. The van der Waals surface area contributed by atoms with Gasteiger partial charge in [-0.1, -0.05) is 11.6 Å². The van der Waals surface area contributed by atoms with Crippen LogP contribution in [-0.2, 0) is 0 Å². The molecule has 0 unspecified atom stereocenters. The van der Waals surface area contributed by atoms with Crippen molar-refractivity contribution in [2.75, 3.05) is 12.6 Å². The summed E-state index contributed by atoms with van der Waals surface area (Å²) < 4.78 is 23.1. The van der Waals surface area contributed by atoms with Crippen LogP contribution in [0.3, 0.4) is 0 Å². The second-order valence-electron chi connectivity index (χ2n) is 2.15. The minimum Gasteiger partial charge on any atom is -0.492 e. The molecule has 2 nitrogen and oxygen atoms in total. The summed E-state index contributed by atoms with van der Waals surface area (Å²) in [5, 5.41) is 0.224. The first-order valence-corrected chi connectivity index (χ1v) is 4.91. The van der Waals surface area contributed by atoms with Crippen LogP contribution in [0.2, 0.25) is 5.02 Å². The zero-order valence-corrected chi connectivity index (χ0v) is 9.15. The number of alkyl halides is 1. The quantitative estimate of drug-likeness (QED) is 0.785. The van der Waals surface area contributed by atoms with Crippen LogP contribution in [0.25, 0.3) is 0 Å². The minimum atomic E-state index is -0.588. The standard InChI is InChI=1S/C8H7BrClFO2/c1-12-8-5(10)2-3-6(7(8)11)13-4-9/h2-3H,4H2,1H3. The number of halogens is 3. The summed E-state index contributed by atoms with van der Waals surface area (Å²) in [6, 6.07) is 2.96. The highest BCUT2D eigenvalue weighted by atomic mass is 79.9. The van der Waals surface area contributed by atoms with Crippen molar-refractivity contribution in [1.82, 2.24) is 0 Å². The van der Waals surface area contributed by atoms with E-state index in [1.165, 1.54) is 19.2 Å². The Morgan fingerprint density at radius 1 is 1.54 bits per heavy atom. The van der Waals surface area contributed by atoms with Crippen molar-refractivity contribution in [1.29, 1.82) is 0 Å². The van der Waals surface area contributed by atoms with Crippen LogP contribution in [0.1, 0.15) is 0 Å². The molecule has 0 N–H and O–H groups in total. The summed E-state index contributed by atoms with van der Waals surface area (Å²) in [7, 11) is 1.35. The van der Waals surface area contributed by atoms with Crippen molar-refractivity contribution in [2.24, 2.45) is 0 Å². The molecule has 0 aliphatic heterocycles. The van der Waals surface area contributed by atoms with Gasteiger partial charge in [-0.05, 0) is 28.1 Å². The zero-order chi connectivity index (χ0) is 9.84. The summed E-state index contributed by atoms with van der Waals surface area (Å²) >= 11 is 8.69. The molecule has 1 rings (SSSR count). The van der Waals surface area contributed by atoms with Crippen LogP contribution in [0.5, 0.6) is 11.5 Å². The smallest absolute Gasteiger partial charge is 0.208 e. The molecule has 0 saturated carbocycles. The lowest BCUT2D eigenvalue weighted by molar-refractivity contribution is 0.343. The molecule has 0 bridgehead atoms. The minimum absolute atomic E-state index is 0.000108. The van der Waals surface area contributed by atoms with Gasteiger partial charge in [0.05, 0.1) is 12.1 Å². The maximum Gasteiger partial charge on any atom is 0.208 e. The fraction of sp³-hybridized carbons (Fsp3) is 0.250. The molecule has 72 valence electrons. The number of benzene rings is 1. The third-order valence-electron chi connectivity index (χ3n) is 1.43. The normalized spacial score (nSPS) is 9.85. The van der Waals surface area contributed by atoms with Crippen molar-refractivity contribution in [3.8, 4) is 11.5 Å². The van der Waals surface area contributed by atoms with E-state index >= 15 is 0 Å². The Hall–Kier alpha value is -0.480. The molecule has 0 aliphatic rings. The molecule has 1 aromatic carbocycles. The molecule has 0 amide bonds. The van der Waals surface area contributed by atoms with E-state index in [0.717, 1.165) is 0 Å². The van der Waals surface area contributed by atoms with E-state index < -0.39 is 5.82 Å². The Bertz CT molecular complexity index is 306. The number of methoxy groups -OCH3 is 1. The number of hydrogen-bond donors (Lipinski definition) is 0. The van der Waals surface area contributed by atoms with Crippen molar-refractivity contribution >= 4 is 27.5 Å². The van der Waals surface area contributed by atoms with E-state index in [4.69, 9.17) is 21.1 Å². The molecule has 0 radical (unpaired) electrons. The van der Waals surface area contributed by atoms with Gasteiger partial charge in [-0.2, -0.15) is 4.39 Å². The number of hydrogen-bond acceptors (Lipinski definition) is 2. The molecule has 0 aromatic heterocycles. The molecule has 0 fully saturated rings. The first kappa shape index (κ1) is 10.6. The molecule has 1 aromatic rings. The Morgan fingerprint density at radius 2 is 2.23 bits per heavy atom. The third-order valence-corrected chi connectivity index (χ3v) is 1.95. The Labute approximate surface area is 88.7 Å². The average molecular weight is 269 g/mol. The van der Waals surface area contributed by atoms with Crippen LogP contribution in [0, 0.1) is 5.82 Å². The van der Waals surface area contributed by atoms with E-state index in [-0.39, 0.29) is 22.0 Å². The molecule has 13 heavy (non-hydrogen) atoms. The van der Waals surface area contributed by atoms with Crippen molar-refractivity contribution in [3.05, 3.63) is 23.0 Å². The van der Waals surface area contributed by atoms with E-state index in [1.807, 2.05) is 0 Å². The SMILES string of the molecule is COc1c(Cl)ccc(OCBr)c1F. The molecule has 0 atom stereocenters. The van der Waals surface area contributed by atoms with E-state index in [9.17, 15) is 4.39 Å². The molecule has 0 saturated heterocycles. The van der Waals surface area contributed by atoms with Gasteiger partial charge in [0.15, 0.2) is 11.5 Å². The van der Waals surface area contributed by atoms with Gasteiger partial charge in [-0.15, -0.1) is 0 Å². The summed E-state index contributed by atoms with van der Waals surface area (Å²) in [6.07, 6.45) is 0. The first-order valence-electron chi connectivity index (χ1n) is 3.41. The Kier molecular flexibility index (Phi) is 3.81. The second kappa shape index (κ2) is 4.67. The van der Waals surface area contributed by atoms with Gasteiger partial charge in [0.1, 0.15) is 5.52 Å². The second-order valence-corrected chi connectivity index (χ2v) is 3.01. The van der Waals surface area contributed by atoms with Gasteiger partial charge in [-0.3, -0.25) is 0 Å². The van der Waals surface area contributed by atoms with Crippen molar-refractivity contribution in [3.63, 3.8) is 0 Å². The number of ether oxygens (including phenoxy) is 2. The zero-order valence-electron chi connectivity index (χ0n) is 6.81. The lowest BCUT2D eigenvalue weighted by Gasteiger charge is -2.08. The van der Waals surface area contributed by atoms with Crippen LogP contribution < -0.4 is 9.47 Å². The largest absolute Gasteiger partial charge is 0.492 e. The Balaban J connectivity index is 3.11. The molecular weight excluding hydrogens is 262 g/mol. The van der Waals surface area contributed by atoms with Crippen LogP contribution in [0.4, 0.5) is 4.39 Å². The van der Waals surface area contributed by atoms with Gasteiger partial charge in [0.25, 0.3) is 0 Å². The predicted octanol–water partition coefficient (Wildman–Crippen LogP) is 3.22. The summed E-state index contributed by atoms with van der Waals surface area (Å²) in [5.74, 6) is -0.479. The van der Waals surface area contributed by atoms with Crippen LogP contribution >= 0.6 is 27.5 Å². The molecule has 0 heterocycles. The van der Waals surface area contributed by atoms with E-state index in [1.54, 1.807) is 0 Å². The fourth-order valence-corrected chi connectivity index (χ4v) is 1.34. The first-order chi connectivity index (χ1) is 6.20. The lowest BCUT2D eigenvalue weighted by atomic mass is 10.3. The molecular formula is C8H7BrClFO2. The highest BCUT2D eigenvalue weighted by Crippen LogP contribution is 2.33. The van der Waals surface area contributed by atoms with E-state index in [0.29, 0.717) is 0 Å². The van der Waals surface area contributed by atoms with Gasteiger partial charge in [-0.25, -0.2) is 0 Å². The van der Waals surface area contributed by atoms with Gasteiger partial charge in [0.2, 0.25) is 5.82 Å². The predicted molar refractivity (Wildman–Crippen MR) is 52.4 cm³/mol. The maximum atomic E-state index is 13.4. The van der Waals surface area contributed by atoms with Gasteiger partial charge >= 0.3 is 0 Å². The molecule has 0 spiro atoms. The molecule has 5 heteroatoms. The third kappa shape index (κ3) is 2.25. The van der Waals surface area contributed by atoms with Crippen molar-refractivity contribution < 1.29 is 13.9 Å². The van der Waals surface area contributed by atoms with Crippen molar-refractivity contribution in [2.45, 2.75) is 0 Å². The van der Waals surface area contributed by atoms with Crippen LogP contribution in [0.15, 0.2) is 12.1 Å². The van der Waals surface area contributed by atoms with Gasteiger partial charge < -0.3 is 9.47 Å². The topological polar surface area (TPSA) is 18.5 Å². The highest BCUT2D eigenvalue weighted by molar-refractivity contribution is 9.09. The van der Waals surface area contributed by atoms with E-state index in [2.05, 4.69) is 15.9 Å². The highest BCUT2D eigenvalue weighted by Gasteiger charge is 2.13.